The molecule has 1 saturated carbocycles. The van der Waals surface area contributed by atoms with Gasteiger partial charge < -0.3 is 4.74 Å². The van der Waals surface area contributed by atoms with E-state index in [1.54, 1.807) is 11.3 Å². The first-order valence-corrected chi connectivity index (χ1v) is 14.6. The predicted molar refractivity (Wildman–Crippen MR) is 147 cm³/mol. The van der Waals surface area contributed by atoms with Gasteiger partial charge in [0.25, 0.3) is 0 Å². The number of aromatic nitrogens is 3. The molecule has 0 saturated heterocycles. The third-order valence-corrected chi connectivity index (χ3v) is 8.99. The number of ether oxygens (including phenoxy) is 1. The van der Waals surface area contributed by atoms with Crippen LogP contribution in [0.1, 0.15) is 35.6 Å². The molecule has 38 heavy (non-hydrogen) atoms. The van der Waals surface area contributed by atoms with Crippen molar-refractivity contribution in [1.29, 1.82) is 0 Å². The topological polar surface area (TPSA) is 94.1 Å². The van der Waals surface area contributed by atoms with Gasteiger partial charge in [0.05, 0.1) is 31.8 Å². The molecule has 0 unspecified atom stereocenters. The molecule has 0 atom stereocenters. The Labute approximate surface area is 223 Å². The maximum atomic E-state index is 13.1. The minimum absolute atomic E-state index is 0.00507. The van der Waals surface area contributed by atoms with E-state index >= 15 is 0 Å². The highest BCUT2D eigenvalue weighted by Gasteiger charge is 2.26. The zero-order valence-electron chi connectivity index (χ0n) is 20.9. The number of halogens is 1. The smallest absolute Gasteiger partial charge is 0.240 e. The number of hydrogen-bond donors (Lipinski definition) is 1. The van der Waals surface area contributed by atoms with Gasteiger partial charge in [0.15, 0.2) is 0 Å². The van der Waals surface area contributed by atoms with Crippen LogP contribution in [-0.4, -0.2) is 36.5 Å². The number of aryl methyl sites for hydroxylation is 2. The lowest BCUT2D eigenvalue weighted by molar-refractivity contribution is 0.323. The summed E-state index contributed by atoms with van der Waals surface area (Å²) in [5.41, 5.74) is 6.74. The molecule has 7 nitrogen and oxygen atoms in total. The second kappa shape index (κ2) is 9.68. The average molecular weight is 549 g/mol. The van der Waals surface area contributed by atoms with Gasteiger partial charge in [-0.3, -0.25) is 4.98 Å². The molecule has 1 aliphatic carbocycles. The first-order valence-electron chi connectivity index (χ1n) is 12.3. The number of sulfonamides is 1. The largest absolute Gasteiger partial charge is 0.492 e. The lowest BCUT2D eigenvalue weighted by atomic mass is 10.1. The van der Waals surface area contributed by atoms with Crippen molar-refractivity contribution < 1.29 is 17.5 Å². The quantitative estimate of drug-likeness (QED) is 0.243. The van der Waals surface area contributed by atoms with Gasteiger partial charge in [-0.25, -0.2) is 27.5 Å². The van der Waals surface area contributed by atoms with Gasteiger partial charge in [-0.2, -0.15) is 0 Å². The molecular weight excluding hydrogens is 523 g/mol. The summed E-state index contributed by atoms with van der Waals surface area (Å²) in [4.78, 5) is 14.6. The number of benzene rings is 3. The molecule has 2 aromatic heterocycles. The third kappa shape index (κ3) is 4.99. The molecular formula is C28H25FN4O3S2. The number of fused-ring (bicyclic) bond motifs is 2. The van der Waals surface area contributed by atoms with E-state index in [0.717, 1.165) is 60.8 Å². The molecule has 0 spiro atoms. The van der Waals surface area contributed by atoms with E-state index in [0.29, 0.717) is 11.7 Å². The predicted octanol–water partition coefficient (Wildman–Crippen LogP) is 5.90. The first-order chi connectivity index (χ1) is 18.3. The van der Waals surface area contributed by atoms with E-state index in [9.17, 15) is 12.8 Å². The molecule has 5 aromatic rings. The summed E-state index contributed by atoms with van der Waals surface area (Å²) in [6, 6.07) is 12.7. The number of thiazole rings is 1. The fourth-order valence-electron chi connectivity index (χ4n) is 4.42. The number of nitrogens with zero attached hydrogens (tertiary/aromatic N) is 3. The monoisotopic (exact) mass is 548 g/mol. The zero-order chi connectivity index (χ0) is 26.4. The fraction of sp³-hybridized carbons (Fsp3) is 0.250. The van der Waals surface area contributed by atoms with Crippen LogP contribution in [0, 0.1) is 19.7 Å². The molecule has 0 aliphatic heterocycles. The van der Waals surface area contributed by atoms with Crippen molar-refractivity contribution in [3.63, 3.8) is 0 Å². The normalized spacial score (nSPS) is 13.9. The highest BCUT2D eigenvalue weighted by atomic mass is 32.2. The van der Waals surface area contributed by atoms with Crippen LogP contribution in [0.3, 0.4) is 0 Å². The third-order valence-electron chi connectivity index (χ3n) is 6.48. The van der Waals surface area contributed by atoms with Crippen LogP contribution in [0.25, 0.3) is 31.8 Å². The van der Waals surface area contributed by atoms with E-state index in [4.69, 9.17) is 19.7 Å². The van der Waals surface area contributed by atoms with Crippen LogP contribution in [0.4, 0.5) is 4.39 Å². The van der Waals surface area contributed by atoms with Crippen LogP contribution < -0.4 is 9.46 Å². The minimum Gasteiger partial charge on any atom is -0.492 e. The Morgan fingerprint density at radius 2 is 1.84 bits per heavy atom. The lowest BCUT2D eigenvalue weighted by Crippen LogP contribution is -2.28. The Morgan fingerprint density at radius 1 is 1.05 bits per heavy atom. The molecule has 1 N–H and O–H groups in total. The van der Waals surface area contributed by atoms with Crippen molar-refractivity contribution in [3.8, 4) is 16.3 Å². The second-order valence-corrected chi connectivity index (χ2v) is 12.4. The van der Waals surface area contributed by atoms with Crippen LogP contribution in [0.15, 0.2) is 59.6 Å². The Kier molecular flexibility index (Phi) is 6.33. The molecule has 1 fully saturated rings. The van der Waals surface area contributed by atoms with Crippen molar-refractivity contribution in [2.24, 2.45) is 0 Å². The van der Waals surface area contributed by atoms with E-state index in [2.05, 4.69) is 23.8 Å². The van der Waals surface area contributed by atoms with Gasteiger partial charge >= 0.3 is 0 Å². The van der Waals surface area contributed by atoms with Crippen LogP contribution in [-0.2, 0) is 10.0 Å². The molecule has 0 bridgehead atoms. The Bertz CT molecular complexity index is 1780. The summed E-state index contributed by atoms with van der Waals surface area (Å²) >= 11 is 1.57. The van der Waals surface area contributed by atoms with Gasteiger partial charge in [-0.05, 0) is 86.3 Å². The SMILES string of the molecule is Cc1cc(-c2nc3c(C)cc(OCCNS(=O)(=O)c4ccc(F)cc4)cc3s2)c2ncc(C3CC3)nc2c1. The van der Waals surface area contributed by atoms with Gasteiger partial charge in [0.1, 0.15) is 23.2 Å². The standard InChI is InChI=1S/C28H25FN4O3S2/c1-16-11-22(27-23(12-16)32-24(15-30-27)18-3-4-18)28-33-26-17(2)13-20(14-25(26)37-28)36-10-9-31-38(34,35)21-7-5-19(29)6-8-21/h5-8,11-15,18,31H,3-4,9-10H2,1-2H3. The summed E-state index contributed by atoms with van der Waals surface area (Å²) in [6.45, 7) is 4.25. The maximum absolute atomic E-state index is 13.1. The van der Waals surface area contributed by atoms with E-state index in [1.807, 2.05) is 25.3 Å². The van der Waals surface area contributed by atoms with Crippen molar-refractivity contribution in [3.05, 3.63) is 77.4 Å². The summed E-state index contributed by atoms with van der Waals surface area (Å²) in [5.74, 6) is 0.683. The zero-order valence-corrected chi connectivity index (χ0v) is 22.5. The van der Waals surface area contributed by atoms with E-state index < -0.39 is 15.8 Å². The Hall–Kier alpha value is -3.47. The number of nitrogens with one attached hydrogen (secondary N) is 1. The summed E-state index contributed by atoms with van der Waals surface area (Å²) in [6.07, 6.45) is 4.26. The second-order valence-electron chi connectivity index (χ2n) is 9.56. The van der Waals surface area contributed by atoms with Crippen LogP contribution in [0.2, 0.25) is 0 Å². The molecule has 1 aliphatic rings. The van der Waals surface area contributed by atoms with Gasteiger partial charge in [0.2, 0.25) is 10.0 Å². The molecule has 10 heteroatoms. The van der Waals surface area contributed by atoms with Crippen molar-refractivity contribution >= 4 is 42.6 Å². The molecule has 3 aromatic carbocycles. The maximum Gasteiger partial charge on any atom is 0.240 e. The summed E-state index contributed by atoms with van der Waals surface area (Å²) in [7, 11) is -3.74. The van der Waals surface area contributed by atoms with Gasteiger partial charge in [-0.15, -0.1) is 11.3 Å². The first kappa shape index (κ1) is 24.8. The van der Waals surface area contributed by atoms with E-state index in [1.165, 1.54) is 25.0 Å². The average Bonchev–Trinajstić information content (AvgIpc) is 3.65. The van der Waals surface area contributed by atoms with Crippen molar-refractivity contribution in [2.45, 2.75) is 37.5 Å². The molecule has 194 valence electrons. The van der Waals surface area contributed by atoms with Crippen LogP contribution >= 0.6 is 11.3 Å². The Morgan fingerprint density at radius 3 is 2.61 bits per heavy atom. The lowest BCUT2D eigenvalue weighted by Gasteiger charge is -2.09. The molecule has 0 radical (unpaired) electrons. The Balaban J connectivity index is 1.21. The number of rotatable bonds is 8. The minimum atomic E-state index is -3.74. The highest BCUT2D eigenvalue weighted by molar-refractivity contribution is 7.89. The van der Waals surface area contributed by atoms with Gasteiger partial charge in [0, 0.05) is 24.2 Å². The van der Waals surface area contributed by atoms with E-state index in [-0.39, 0.29) is 18.0 Å². The number of hydrogen-bond acceptors (Lipinski definition) is 7. The molecule has 0 amide bonds. The van der Waals surface area contributed by atoms with Crippen molar-refractivity contribution in [1.82, 2.24) is 19.7 Å². The summed E-state index contributed by atoms with van der Waals surface area (Å²) in [5, 5.41) is 0.870. The fourth-order valence-corrected chi connectivity index (χ4v) is 6.53. The molecule has 6 rings (SSSR count). The molecule has 2 heterocycles. The van der Waals surface area contributed by atoms with Crippen LogP contribution in [0.5, 0.6) is 5.75 Å². The van der Waals surface area contributed by atoms with Crippen molar-refractivity contribution in [2.75, 3.05) is 13.2 Å². The van der Waals surface area contributed by atoms with Gasteiger partial charge in [-0.1, -0.05) is 0 Å². The summed E-state index contributed by atoms with van der Waals surface area (Å²) < 4.78 is 47.2. The highest BCUT2D eigenvalue weighted by Crippen LogP contribution is 2.41.